The summed E-state index contributed by atoms with van der Waals surface area (Å²) in [4.78, 5) is 22.3. The van der Waals surface area contributed by atoms with Crippen molar-refractivity contribution in [3.63, 3.8) is 0 Å². The van der Waals surface area contributed by atoms with Crippen LogP contribution in [0, 0.1) is 10.1 Å². The van der Waals surface area contributed by atoms with E-state index in [1.165, 1.54) is 18.4 Å². The van der Waals surface area contributed by atoms with Crippen LogP contribution in [-0.4, -0.2) is 25.5 Å². The molecule has 0 saturated heterocycles. The third kappa shape index (κ3) is 1.73. The van der Waals surface area contributed by atoms with Gasteiger partial charge in [0.05, 0.1) is 10.3 Å². The minimum absolute atomic E-state index is 0.0714. The lowest BCUT2D eigenvalue weighted by molar-refractivity contribution is -0.384. The van der Waals surface area contributed by atoms with Crippen molar-refractivity contribution >= 4 is 16.7 Å². The van der Waals surface area contributed by atoms with Crippen molar-refractivity contribution < 1.29 is 9.34 Å². The summed E-state index contributed by atoms with van der Waals surface area (Å²) in [6.45, 7) is 0. The molecule has 0 amide bonds. The summed E-state index contributed by atoms with van der Waals surface area (Å²) in [6, 6.07) is 3.79. The maximum atomic E-state index is 12.2. The number of fused-ring (bicyclic) bond motifs is 1. The number of hydrogen-bond acceptors (Lipinski definition) is 7. The monoisotopic (exact) mass is 259 g/mol. The van der Waals surface area contributed by atoms with Crippen LogP contribution in [-0.2, 0) is 0 Å². The zero-order valence-electron chi connectivity index (χ0n) is 9.23. The van der Waals surface area contributed by atoms with Crippen LogP contribution in [0.2, 0.25) is 0 Å². The molecule has 94 valence electrons. The molecule has 2 aromatic heterocycles. The zero-order valence-corrected chi connectivity index (χ0v) is 9.23. The van der Waals surface area contributed by atoms with E-state index in [0.717, 1.165) is 6.07 Å². The Hall–Kier alpha value is -3.10. The highest BCUT2D eigenvalue weighted by molar-refractivity contribution is 5.82. The molecule has 3 aromatic rings. The first-order chi connectivity index (χ1) is 9.16. The van der Waals surface area contributed by atoms with Crippen LogP contribution in [0.5, 0.6) is 0 Å². The molecular weight excluding hydrogens is 254 g/mol. The predicted octanol–water partition coefficient (Wildman–Crippen LogP) is 0.881. The van der Waals surface area contributed by atoms with Gasteiger partial charge in [0.15, 0.2) is 0 Å². The number of nitrogens with zero attached hydrogens (tertiary/aromatic N) is 4. The van der Waals surface area contributed by atoms with E-state index in [4.69, 9.17) is 4.42 Å². The molecule has 9 heteroatoms. The van der Waals surface area contributed by atoms with Crippen molar-refractivity contribution in [3.8, 4) is 11.4 Å². The maximum Gasteiger partial charge on any atom is 0.270 e. The summed E-state index contributed by atoms with van der Waals surface area (Å²) in [5, 5.41) is 23.7. The van der Waals surface area contributed by atoms with Crippen LogP contribution < -0.4 is 5.43 Å². The average Bonchev–Trinajstić information content (AvgIpc) is 2.92. The fourth-order valence-corrected chi connectivity index (χ4v) is 1.66. The van der Waals surface area contributed by atoms with Gasteiger partial charge in [0.25, 0.3) is 5.69 Å². The third-order valence-electron chi connectivity index (χ3n) is 2.55. The van der Waals surface area contributed by atoms with E-state index >= 15 is 0 Å². The van der Waals surface area contributed by atoms with Gasteiger partial charge in [-0.3, -0.25) is 14.9 Å². The first-order valence-electron chi connectivity index (χ1n) is 5.10. The highest BCUT2D eigenvalue weighted by Gasteiger charge is 2.15. The zero-order chi connectivity index (χ0) is 13.4. The van der Waals surface area contributed by atoms with Crippen molar-refractivity contribution in [1.29, 1.82) is 0 Å². The van der Waals surface area contributed by atoms with Crippen LogP contribution in [0.25, 0.3) is 22.4 Å². The molecule has 0 aliphatic rings. The number of rotatable bonds is 2. The highest BCUT2D eigenvalue weighted by Crippen LogP contribution is 2.20. The normalized spacial score (nSPS) is 10.7. The number of nitrogens with one attached hydrogen (secondary N) is 1. The van der Waals surface area contributed by atoms with E-state index in [2.05, 4.69) is 20.6 Å². The average molecular weight is 259 g/mol. The molecule has 0 aliphatic carbocycles. The van der Waals surface area contributed by atoms with Crippen molar-refractivity contribution in [1.82, 2.24) is 20.6 Å². The standard InChI is InChI=1S/C10H5N5O4/c16-9-6-3-5(15(17)18)1-2-8(6)19-4-7(9)10-11-13-14-12-10/h1-4H,(H,11,12,13,14). The second-order valence-electron chi connectivity index (χ2n) is 3.65. The second kappa shape index (κ2) is 3.98. The Morgan fingerprint density at radius 2 is 2.21 bits per heavy atom. The summed E-state index contributed by atoms with van der Waals surface area (Å²) in [7, 11) is 0. The Morgan fingerprint density at radius 1 is 1.37 bits per heavy atom. The Balaban J connectivity index is 2.31. The fourth-order valence-electron chi connectivity index (χ4n) is 1.66. The van der Waals surface area contributed by atoms with Gasteiger partial charge in [0.1, 0.15) is 17.4 Å². The number of aromatic nitrogens is 4. The number of benzene rings is 1. The molecular formula is C10H5N5O4. The molecule has 1 aromatic carbocycles. The minimum atomic E-state index is -0.583. The van der Waals surface area contributed by atoms with Crippen molar-refractivity contribution in [2.75, 3.05) is 0 Å². The molecule has 3 rings (SSSR count). The van der Waals surface area contributed by atoms with Gasteiger partial charge >= 0.3 is 0 Å². The Bertz CT molecular complexity index is 824. The van der Waals surface area contributed by atoms with Crippen LogP contribution in [0.4, 0.5) is 5.69 Å². The molecule has 0 unspecified atom stereocenters. The predicted molar refractivity (Wildman–Crippen MR) is 62.3 cm³/mol. The molecule has 19 heavy (non-hydrogen) atoms. The molecule has 2 heterocycles. The van der Waals surface area contributed by atoms with E-state index in [-0.39, 0.29) is 28.0 Å². The van der Waals surface area contributed by atoms with Gasteiger partial charge in [0.2, 0.25) is 11.3 Å². The van der Waals surface area contributed by atoms with Gasteiger partial charge in [-0.2, -0.15) is 5.21 Å². The molecule has 0 saturated carbocycles. The SMILES string of the molecule is O=c1c(-c2nn[nH]n2)coc2ccc([N+](=O)[O-])cc12. The van der Waals surface area contributed by atoms with Crippen molar-refractivity contribution in [2.45, 2.75) is 0 Å². The van der Waals surface area contributed by atoms with Crippen molar-refractivity contribution in [3.05, 3.63) is 44.8 Å². The van der Waals surface area contributed by atoms with Crippen LogP contribution >= 0.6 is 0 Å². The van der Waals surface area contributed by atoms with E-state index < -0.39 is 10.4 Å². The summed E-state index contributed by atoms with van der Waals surface area (Å²) in [5.74, 6) is 0.0714. The Morgan fingerprint density at radius 3 is 2.89 bits per heavy atom. The van der Waals surface area contributed by atoms with Gasteiger partial charge in [0, 0.05) is 12.1 Å². The topological polar surface area (TPSA) is 128 Å². The van der Waals surface area contributed by atoms with Gasteiger partial charge in [-0.1, -0.05) is 0 Å². The van der Waals surface area contributed by atoms with Gasteiger partial charge in [-0.05, 0) is 11.3 Å². The summed E-state index contributed by atoms with van der Waals surface area (Å²) < 4.78 is 5.24. The number of nitro groups is 1. The smallest absolute Gasteiger partial charge is 0.270 e. The number of H-pyrrole nitrogens is 1. The molecule has 0 radical (unpaired) electrons. The van der Waals surface area contributed by atoms with Gasteiger partial charge in [-0.15, -0.1) is 10.2 Å². The number of nitro benzene ring substituents is 1. The third-order valence-corrected chi connectivity index (χ3v) is 2.55. The molecule has 0 bridgehead atoms. The molecule has 0 atom stereocenters. The van der Waals surface area contributed by atoms with E-state index in [9.17, 15) is 14.9 Å². The molecule has 1 N–H and O–H groups in total. The van der Waals surface area contributed by atoms with E-state index in [0.29, 0.717) is 0 Å². The fraction of sp³-hybridized carbons (Fsp3) is 0. The lowest BCUT2D eigenvalue weighted by Crippen LogP contribution is -2.06. The Labute approximate surface area is 104 Å². The van der Waals surface area contributed by atoms with Gasteiger partial charge < -0.3 is 4.42 Å². The van der Waals surface area contributed by atoms with E-state index in [1.54, 1.807) is 0 Å². The lowest BCUT2D eigenvalue weighted by Gasteiger charge is -1.98. The molecule has 0 fully saturated rings. The molecule has 9 nitrogen and oxygen atoms in total. The first kappa shape index (κ1) is 11.0. The summed E-state index contributed by atoms with van der Waals surface area (Å²) >= 11 is 0. The largest absolute Gasteiger partial charge is 0.463 e. The van der Waals surface area contributed by atoms with Crippen LogP contribution in [0.15, 0.2) is 33.7 Å². The number of non-ortho nitro benzene ring substituents is 1. The molecule has 0 aliphatic heterocycles. The number of aromatic amines is 1. The minimum Gasteiger partial charge on any atom is -0.463 e. The highest BCUT2D eigenvalue weighted by atomic mass is 16.6. The summed E-state index contributed by atoms with van der Waals surface area (Å²) in [5.41, 5.74) is -0.305. The van der Waals surface area contributed by atoms with Crippen molar-refractivity contribution in [2.24, 2.45) is 0 Å². The van der Waals surface area contributed by atoms with Crippen LogP contribution in [0.3, 0.4) is 0 Å². The lowest BCUT2D eigenvalue weighted by atomic mass is 10.1. The van der Waals surface area contributed by atoms with Gasteiger partial charge in [-0.25, -0.2) is 0 Å². The first-order valence-corrected chi connectivity index (χ1v) is 5.10. The number of tetrazole rings is 1. The number of hydrogen-bond donors (Lipinski definition) is 1. The van der Waals surface area contributed by atoms with E-state index in [1.807, 2.05) is 0 Å². The second-order valence-corrected chi connectivity index (χ2v) is 3.65. The quantitative estimate of drug-likeness (QED) is 0.534. The van der Waals surface area contributed by atoms with Crippen LogP contribution in [0.1, 0.15) is 0 Å². The Kier molecular flexibility index (Phi) is 2.31. The summed E-state index contributed by atoms with van der Waals surface area (Å²) in [6.07, 6.45) is 1.20. The maximum absolute atomic E-state index is 12.2. The molecule has 0 spiro atoms.